The maximum Gasteiger partial charge on any atom is 0.246 e. The number of amides is 2. The number of rotatable bonds is 5. The molecule has 1 aliphatic rings. The highest BCUT2D eigenvalue weighted by atomic mass is 32.2. The lowest BCUT2D eigenvalue weighted by Crippen LogP contribution is -2.36. The molecule has 3 rings (SSSR count). The van der Waals surface area contributed by atoms with E-state index < -0.39 is 15.8 Å². The van der Waals surface area contributed by atoms with E-state index in [1.165, 1.54) is 29.4 Å². The van der Waals surface area contributed by atoms with Crippen molar-refractivity contribution in [3.63, 3.8) is 0 Å². The number of carbonyl (C=O) groups excluding carboxylic acids is 2. The molecule has 31 heavy (non-hydrogen) atoms. The lowest BCUT2D eigenvalue weighted by Gasteiger charge is -2.21. The first kappa shape index (κ1) is 22.6. The van der Waals surface area contributed by atoms with Crippen LogP contribution in [0.25, 0.3) is 6.08 Å². The molecule has 1 aliphatic heterocycles. The van der Waals surface area contributed by atoms with Gasteiger partial charge in [-0.05, 0) is 54.5 Å². The van der Waals surface area contributed by atoms with Crippen LogP contribution >= 0.6 is 0 Å². The Kier molecular flexibility index (Phi) is 7.19. The van der Waals surface area contributed by atoms with E-state index >= 15 is 0 Å². The lowest BCUT2D eigenvalue weighted by atomic mass is 10.2. The molecule has 9 heteroatoms. The monoisotopic (exact) mass is 445 g/mol. The van der Waals surface area contributed by atoms with Gasteiger partial charge in [0.25, 0.3) is 0 Å². The summed E-state index contributed by atoms with van der Waals surface area (Å²) in [5.74, 6) is -0.856. The maximum absolute atomic E-state index is 13.1. The maximum atomic E-state index is 13.1. The van der Waals surface area contributed by atoms with E-state index in [1.54, 1.807) is 35.2 Å². The summed E-state index contributed by atoms with van der Waals surface area (Å²) >= 11 is 0. The number of benzene rings is 2. The number of anilines is 1. The zero-order valence-electron chi connectivity index (χ0n) is 17.1. The van der Waals surface area contributed by atoms with Crippen molar-refractivity contribution in [1.29, 1.82) is 0 Å². The molecule has 164 valence electrons. The average molecular weight is 446 g/mol. The Bertz CT molecular complexity index is 1070. The van der Waals surface area contributed by atoms with Crippen LogP contribution in [0.5, 0.6) is 0 Å². The normalized spacial score (nSPS) is 15.6. The molecular weight excluding hydrogens is 421 g/mol. The van der Waals surface area contributed by atoms with Gasteiger partial charge >= 0.3 is 0 Å². The van der Waals surface area contributed by atoms with Crippen molar-refractivity contribution in [3.8, 4) is 0 Å². The molecule has 2 amide bonds. The van der Waals surface area contributed by atoms with Gasteiger partial charge in [-0.2, -0.15) is 4.31 Å². The SMILES string of the molecule is CC(=O)Nc1ccc(C=CC(=O)N2CCCN(S(=O)(=O)c3ccc(F)cc3)CC2)cc1. The zero-order valence-corrected chi connectivity index (χ0v) is 17.9. The standard InChI is InChI=1S/C22H24FN3O4S/c1-17(27)24-20-8-3-18(4-9-20)5-12-22(28)25-13-2-14-26(16-15-25)31(29,30)21-10-6-19(23)7-11-21/h3-12H,2,13-16H2,1H3,(H,24,27). The number of hydrogen-bond acceptors (Lipinski definition) is 4. The van der Waals surface area contributed by atoms with Crippen LogP contribution in [0.4, 0.5) is 10.1 Å². The fourth-order valence-corrected chi connectivity index (χ4v) is 4.73. The molecule has 0 aliphatic carbocycles. The van der Waals surface area contributed by atoms with Gasteiger partial charge in [0.1, 0.15) is 5.82 Å². The highest BCUT2D eigenvalue weighted by Gasteiger charge is 2.27. The minimum Gasteiger partial charge on any atom is -0.338 e. The van der Waals surface area contributed by atoms with Gasteiger partial charge in [-0.3, -0.25) is 9.59 Å². The second-order valence-corrected chi connectivity index (χ2v) is 9.11. The third-order valence-corrected chi connectivity index (χ3v) is 6.78. The Morgan fingerprint density at radius 1 is 0.968 bits per heavy atom. The fourth-order valence-electron chi connectivity index (χ4n) is 3.26. The summed E-state index contributed by atoms with van der Waals surface area (Å²) in [4.78, 5) is 25.3. The van der Waals surface area contributed by atoms with E-state index in [1.807, 2.05) is 0 Å². The van der Waals surface area contributed by atoms with Crippen molar-refractivity contribution in [3.05, 3.63) is 66.0 Å². The molecule has 2 aromatic rings. The number of halogens is 1. The molecule has 0 unspecified atom stereocenters. The summed E-state index contributed by atoms with van der Waals surface area (Å²) < 4.78 is 40.0. The van der Waals surface area contributed by atoms with Gasteiger partial charge in [-0.25, -0.2) is 12.8 Å². The molecule has 0 spiro atoms. The van der Waals surface area contributed by atoms with Gasteiger partial charge in [0, 0.05) is 44.9 Å². The summed E-state index contributed by atoms with van der Waals surface area (Å²) in [5.41, 5.74) is 1.48. The van der Waals surface area contributed by atoms with E-state index in [4.69, 9.17) is 0 Å². The minimum absolute atomic E-state index is 0.0382. The fraction of sp³-hybridized carbons (Fsp3) is 0.273. The Labute approximate surface area is 181 Å². The van der Waals surface area contributed by atoms with Gasteiger partial charge in [0.05, 0.1) is 4.90 Å². The van der Waals surface area contributed by atoms with Gasteiger partial charge in [0.15, 0.2) is 0 Å². The molecule has 1 heterocycles. The van der Waals surface area contributed by atoms with Crippen molar-refractivity contribution in [2.24, 2.45) is 0 Å². The minimum atomic E-state index is -3.74. The van der Waals surface area contributed by atoms with Gasteiger partial charge < -0.3 is 10.2 Å². The van der Waals surface area contributed by atoms with Crippen molar-refractivity contribution in [2.45, 2.75) is 18.2 Å². The van der Waals surface area contributed by atoms with Crippen LogP contribution in [0.3, 0.4) is 0 Å². The van der Waals surface area contributed by atoms with E-state index in [9.17, 15) is 22.4 Å². The van der Waals surface area contributed by atoms with Gasteiger partial charge in [0.2, 0.25) is 21.8 Å². The van der Waals surface area contributed by atoms with Crippen molar-refractivity contribution >= 4 is 33.6 Å². The molecule has 0 radical (unpaired) electrons. The molecule has 7 nitrogen and oxygen atoms in total. The first-order valence-electron chi connectivity index (χ1n) is 9.86. The predicted molar refractivity (Wildman–Crippen MR) is 116 cm³/mol. The number of nitrogens with one attached hydrogen (secondary N) is 1. The molecule has 0 bridgehead atoms. The highest BCUT2D eigenvalue weighted by molar-refractivity contribution is 7.89. The second kappa shape index (κ2) is 9.84. The largest absolute Gasteiger partial charge is 0.338 e. The van der Waals surface area contributed by atoms with E-state index in [0.717, 1.165) is 17.7 Å². The lowest BCUT2D eigenvalue weighted by molar-refractivity contribution is -0.125. The Morgan fingerprint density at radius 3 is 2.29 bits per heavy atom. The molecule has 0 aromatic heterocycles. The smallest absolute Gasteiger partial charge is 0.246 e. The molecule has 1 fully saturated rings. The third kappa shape index (κ3) is 5.99. The molecule has 1 saturated heterocycles. The van der Waals surface area contributed by atoms with Crippen LogP contribution < -0.4 is 5.32 Å². The number of carbonyl (C=O) groups is 2. The topological polar surface area (TPSA) is 86.8 Å². The average Bonchev–Trinajstić information content (AvgIpc) is 3.00. The highest BCUT2D eigenvalue weighted by Crippen LogP contribution is 2.18. The van der Waals surface area contributed by atoms with Crippen LogP contribution in [0.2, 0.25) is 0 Å². The first-order chi connectivity index (χ1) is 14.8. The van der Waals surface area contributed by atoms with Crippen molar-refractivity contribution in [1.82, 2.24) is 9.21 Å². The Hall–Kier alpha value is -3.04. The van der Waals surface area contributed by atoms with Crippen LogP contribution in [0.1, 0.15) is 18.9 Å². The summed E-state index contributed by atoms with van der Waals surface area (Å²) in [5, 5.41) is 2.68. The summed E-state index contributed by atoms with van der Waals surface area (Å²) in [6.07, 6.45) is 3.64. The number of hydrogen-bond donors (Lipinski definition) is 1. The van der Waals surface area contributed by atoms with Gasteiger partial charge in [-0.15, -0.1) is 0 Å². The predicted octanol–water partition coefficient (Wildman–Crippen LogP) is 2.72. The van der Waals surface area contributed by atoms with E-state index in [0.29, 0.717) is 18.7 Å². The number of sulfonamides is 1. The molecular formula is C22H24FN3O4S. The van der Waals surface area contributed by atoms with Crippen LogP contribution in [0, 0.1) is 5.82 Å². The second-order valence-electron chi connectivity index (χ2n) is 7.17. The molecule has 1 N–H and O–H groups in total. The van der Waals surface area contributed by atoms with Crippen LogP contribution in [-0.2, 0) is 19.6 Å². The third-order valence-electron chi connectivity index (χ3n) is 4.87. The Balaban J connectivity index is 1.61. The summed E-state index contributed by atoms with van der Waals surface area (Å²) in [7, 11) is -3.74. The molecule has 0 atom stereocenters. The summed E-state index contributed by atoms with van der Waals surface area (Å²) in [6.45, 7) is 2.60. The quantitative estimate of drug-likeness (QED) is 0.717. The van der Waals surface area contributed by atoms with Crippen LogP contribution in [0.15, 0.2) is 59.5 Å². The Morgan fingerprint density at radius 2 is 1.65 bits per heavy atom. The zero-order chi connectivity index (χ0) is 22.4. The summed E-state index contributed by atoms with van der Waals surface area (Å²) in [6, 6.07) is 11.8. The number of nitrogens with zero attached hydrogens (tertiary/aromatic N) is 2. The van der Waals surface area contributed by atoms with E-state index in [2.05, 4.69) is 5.32 Å². The van der Waals surface area contributed by atoms with E-state index in [-0.39, 0.29) is 36.3 Å². The molecule has 0 saturated carbocycles. The first-order valence-corrected chi connectivity index (χ1v) is 11.3. The van der Waals surface area contributed by atoms with Crippen molar-refractivity contribution in [2.75, 3.05) is 31.5 Å². The molecule has 2 aromatic carbocycles. The van der Waals surface area contributed by atoms with Gasteiger partial charge in [-0.1, -0.05) is 12.1 Å². The van der Waals surface area contributed by atoms with Crippen LogP contribution in [-0.4, -0.2) is 55.6 Å². The van der Waals surface area contributed by atoms with Crippen molar-refractivity contribution < 1.29 is 22.4 Å².